The predicted molar refractivity (Wildman–Crippen MR) is 77.0 cm³/mol. The first kappa shape index (κ1) is 14.4. The molecule has 2 heterocycles. The Morgan fingerprint density at radius 1 is 1.52 bits per heavy atom. The first-order valence-corrected chi connectivity index (χ1v) is 7.46. The van der Waals surface area contributed by atoms with Crippen LogP contribution in [0.1, 0.15) is 23.4 Å². The molecule has 1 saturated heterocycles. The second-order valence-electron chi connectivity index (χ2n) is 5.54. The number of hydrogen-bond donors (Lipinski definition) is 0. The number of furan rings is 1. The SMILES string of the molecule is C=CCOCC1CCC2C1OCCN2C(=O)c1ccco1. The van der Waals surface area contributed by atoms with Gasteiger partial charge in [0.05, 0.1) is 38.2 Å². The fourth-order valence-corrected chi connectivity index (χ4v) is 3.34. The van der Waals surface area contributed by atoms with E-state index in [0.717, 1.165) is 12.8 Å². The minimum absolute atomic E-state index is 0.0361. The zero-order valence-corrected chi connectivity index (χ0v) is 12.1. The minimum atomic E-state index is -0.0361. The van der Waals surface area contributed by atoms with E-state index in [4.69, 9.17) is 13.9 Å². The number of hydrogen-bond acceptors (Lipinski definition) is 4. The van der Waals surface area contributed by atoms with E-state index < -0.39 is 0 Å². The van der Waals surface area contributed by atoms with Crippen LogP contribution in [0.5, 0.6) is 0 Å². The van der Waals surface area contributed by atoms with Crippen molar-refractivity contribution in [1.29, 1.82) is 0 Å². The largest absolute Gasteiger partial charge is 0.459 e. The summed E-state index contributed by atoms with van der Waals surface area (Å²) in [5, 5.41) is 0. The highest BCUT2D eigenvalue weighted by Crippen LogP contribution is 2.35. The Kier molecular flexibility index (Phi) is 4.41. The quantitative estimate of drug-likeness (QED) is 0.616. The highest BCUT2D eigenvalue weighted by molar-refractivity contribution is 5.91. The smallest absolute Gasteiger partial charge is 0.289 e. The number of carbonyl (C=O) groups excluding carboxylic acids is 1. The van der Waals surface area contributed by atoms with Crippen LogP contribution >= 0.6 is 0 Å². The molecule has 5 heteroatoms. The molecule has 1 saturated carbocycles. The lowest BCUT2D eigenvalue weighted by atomic mass is 10.0. The third kappa shape index (κ3) is 2.89. The Morgan fingerprint density at radius 2 is 2.43 bits per heavy atom. The molecule has 3 rings (SSSR count). The molecule has 3 atom stereocenters. The maximum atomic E-state index is 12.5. The van der Waals surface area contributed by atoms with Gasteiger partial charge in [0, 0.05) is 12.5 Å². The molecule has 1 aliphatic heterocycles. The fourth-order valence-electron chi connectivity index (χ4n) is 3.34. The van der Waals surface area contributed by atoms with Crippen molar-refractivity contribution in [2.24, 2.45) is 5.92 Å². The Balaban J connectivity index is 1.66. The molecule has 1 amide bonds. The number of amides is 1. The van der Waals surface area contributed by atoms with Crippen molar-refractivity contribution in [3.05, 3.63) is 36.8 Å². The zero-order valence-electron chi connectivity index (χ0n) is 12.1. The van der Waals surface area contributed by atoms with Gasteiger partial charge in [-0.2, -0.15) is 0 Å². The highest BCUT2D eigenvalue weighted by atomic mass is 16.5. The molecule has 21 heavy (non-hydrogen) atoms. The van der Waals surface area contributed by atoms with Crippen LogP contribution in [0, 0.1) is 5.92 Å². The average molecular weight is 291 g/mol. The maximum Gasteiger partial charge on any atom is 0.289 e. The molecule has 1 aromatic heterocycles. The first-order valence-electron chi connectivity index (χ1n) is 7.46. The summed E-state index contributed by atoms with van der Waals surface area (Å²) in [5.41, 5.74) is 0. The topological polar surface area (TPSA) is 51.9 Å². The van der Waals surface area contributed by atoms with Crippen molar-refractivity contribution in [3.63, 3.8) is 0 Å². The molecule has 114 valence electrons. The third-order valence-corrected chi connectivity index (χ3v) is 4.28. The van der Waals surface area contributed by atoms with Gasteiger partial charge in [0.15, 0.2) is 5.76 Å². The highest BCUT2D eigenvalue weighted by Gasteiger charge is 2.44. The Bertz CT molecular complexity index is 484. The van der Waals surface area contributed by atoms with Gasteiger partial charge >= 0.3 is 0 Å². The Labute approximate surface area is 124 Å². The van der Waals surface area contributed by atoms with Crippen LogP contribution in [0.25, 0.3) is 0 Å². The second-order valence-corrected chi connectivity index (χ2v) is 5.54. The summed E-state index contributed by atoms with van der Waals surface area (Å²) in [6, 6.07) is 3.59. The lowest BCUT2D eigenvalue weighted by Gasteiger charge is -2.38. The van der Waals surface area contributed by atoms with Crippen LogP contribution in [-0.4, -0.2) is 49.3 Å². The van der Waals surface area contributed by atoms with Gasteiger partial charge in [-0.05, 0) is 25.0 Å². The molecule has 2 fully saturated rings. The van der Waals surface area contributed by atoms with Crippen LogP contribution in [-0.2, 0) is 9.47 Å². The molecule has 5 nitrogen and oxygen atoms in total. The van der Waals surface area contributed by atoms with Gasteiger partial charge in [0.1, 0.15) is 0 Å². The molecule has 1 aromatic rings. The summed E-state index contributed by atoms with van der Waals surface area (Å²) in [7, 11) is 0. The van der Waals surface area contributed by atoms with Crippen molar-refractivity contribution >= 4 is 5.91 Å². The van der Waals surface area contributed by atoms with Crippen LogP contribution in [0.15, 0.2) is 35.5 Å². The van der Waals surface area contributed by atoms with E-state index in [1.54, 1.807) is 18.2 Å². The molecule has 1 aliphatic carbocycles. The molecule has 0 radical (unpaired) electrons. The van der Waals surface area contributed by atoms with E-state index >= 15 is 0 Å². The summed E-state index contributed by atoms with van der Waals surface area (Å²) in [5.74, 6) is 0.718. The molecule has 0 aromatic carbocycles. The fraction of sp³-hybridized carbons (Fsp3) is 0.562. The Hall–Kier alpha value is -1.59. The predicted octanol–water partition coefficient (Wildman–Crippen LogP) is 2.10. The van der Waals surface area contributed by atoms with Gasteiger partial charge in [-0.25, -0.2) is 0 Å². The van der Waals surface area contributed by atoms with Gasteiger partial charge in [-0.15, -0.1) is 6.58 Å². The van der Waals surface area contributed by atoms with Gasteiger partial charge in [-0.1, -0.05) is 6.08 Å². The maximum absolute atomic E-state index is 12.5. The molecule has 3 unspecified atom stereocenters. The van der Waals surface area contributed by atoms with Crippen LogP contribution in [0.3, 0.4) is 0 Å². The second kappa shape index (κ2) is 6.45. The van der Waals surface area contributed by atoms with Gasteiger partial charge in [0.25, 0.3) is 5.91 Å². The minimum Gasteiger partial charge on any atom is -0.459 e. The molecule has 0 spiro atoms. The number of carbonyl (C=O) groups is 1. The summed E-state index contributed by atoms with van der Waals surface area (Å²) < 4.78 is 16.7. The van der Waals surface area contributed by atoms with Crippen LogP contribution in [0.2, 0.25) is 0 Å². The molecule has 0 N–H and O–H groups in total. The molecule has 0 bridgehead atoms. The van der Waals surface area contributed by atoms with Gasteiger partial charge in [0.2, 0.25) is 0 Å². The Morgan fingerprint density at radius 3 is 3.19 bits per heavy atom. The number of ether oxygens (including phenoxy) is 2. The molecular weight excluding hydrogens is 270 g/mol. The third-order valence-electron chi connectivity index (χ3n) is 4.28. The van der Waals surface area contributed by atoms with Gasteiger partial charge < -0.3 is 18.8 Å². The van der Waals surface area contributed by atoms with Crippen LogP contribution in [0.4, 0.5) is 0 Å². The standard InChI is InChI=1S/C16H21NO4/c1-2-8-19-11-12-5-6-13-15(12)21-10-7-17(13)16(18)14-4-3-9-20-14/h2-4,9,12-13,15H,1,5-8,10-11H2. The zero-order chi connectivity index (χ0) is 14.7. The molecule has 2 aliphatic rings. The summed E-state index contributed by atoms with van der Waals surface area (Å²) in [6.07, 6.45) is 5.34. The van der Waals surface area contributed by atoms with Crippen molar-refractivity contribution in [2.45, 2.75) is 25.0 Å². The van der Waals surface area contributed by atoms with E-state index in [1.165, 1.54) is 6.26 Å². The van der Waals surface area contributed by atoms with Crippen molar-refractivity contribution in [2.75, 3.05) is 26.4 Å². The van der Waals surface area contributed by atoms with E-state index in [1.807, 2.05) is 4.90 Å². The summed E-state index contributed by atoms with van der Waals surface area (Å²) in [6.45, 7) is 6.07. The number of nitrogens with zero attached hydrogens (tertiary/aromatic N) is 1. The average Bonchev–Trinajstić information content (AvgIpc) is 3.16. The number of rotatable bonds is 5. The van der Waals surface area contributed by atoms with E-state index in [2.05, 4.69) is 6.58 Å². The molecular formula is C16H21NO4. The first-order chi connectivity index (χ1) is 10.3. The number of morpholine rings is 1. The lowest BCUT2D eigenvalue weighted by Crippen LogP contribution is -2.53. The number of fused-ring (bicyclic) bond motifs is 1. The van der Waals surface area contributed by atoms with E-state index in [0.29, 0.717) is 38.0 Å². The summed E-state index contributed by atoms with van der Waals surface area (Å²) >= 11 is 0. The summed E-state index contributed by atoms with van der Waals surface area (Å²) in [4.78, 5) is 14.4. The monoisotopic (exact) mass is 291 g/mol. The van der Waals surface area contributed by atoms with Gasteiger partial charge in [-0.3, -0.25) is 4.79 Å². The van der Waals surface area contributed by atoms with E-state index in [-0.39, 0.29) is 18.1 Å². The van der Waals surface area contributed by atoms with E-state index in [9.17, 15) is 4.79 Å². The lowest BCUT2D eigenvalue weighted by molar-refractivity contribution is -0.0744. The van der Waals surface area contributed by atoms with Crippen molar-refractivity contribution in [1.82, 2.24) is 4.90 Å². The van der Waals surface area contributed by atoms with Crippen LogP contribution < -0.4 is 0 Å². The van der Waals surface area contributed by atoms with Crippen molar-refractivity contribution in [3.8, 4) is 0 Å². The van der Waals surface area contributed by atoms with Crippen molar-refractivity contribution < 1.29 is 18.7 Å². The normalized spacial score (nSPS) is 28.4.